The van der Waals surface area contributed by atoms with Gasteiger partial charge in [-0.2, -0.15) is 0 Å². The van der Waals surface area contributed by atoms with Crippen LogP contribution in [0, 0.1) is 0 Å². The van der Waals surface area contributed by atoms with Crippen LogP contribution < -0.4 is 0 Å². The maximum Gasteiger partial charge on any atom is 0.187 e. The lowest BCUT2D eigenvalue weighted by Gasteiger charge is -2.01. The van der Waals surface area contributed by atoms with Crippen LogP contribution in [0.2, 0.25) is 15.1 Å². The molecule has 0 unspecified atom stereocenters. The topological polar surface area (TPSA) is 17.1 Å². The first-order valence-corrected chi connectivity index (χ1v) is 6.63. The number of hydrogen-bond donors (Lipinski definition) is 0. The molecule has 0 amide bonds. The summed E-state index contributed by atoms with van der Waals surface area (Å²) in [5.41, 5.74) is 1.15. The molecule has 0 heterocycles. The van der Waals surface area contributed by atoms with Gasteiger partial charge in [-0.25, -0.2) is 0 Å². The summed E-state index contributed by atoms with van der Waals surface area (Å²) in [6.07, 6.45) is 3.08. The van der Waals surface area contributed by atoms with E-state index in [-0.39, 0.29) is 5.78 Å². The third-order valence-corrected chi connectivity index (χ3v) is 3.42. The lowest BCUT2D eigenvalue weighted by Crippen LogP contribution is -1.95. The van der Waals surface area contributed by atoms with Gasteiger partial charge in [-0.15, -0.1) is 0 Å². The van der Waals surface area contributed by atoms with Crippen LogP contribution in [0.5, 0.6) is 0 Å². The zero-order chi connectivity index (χ0) is 13.8. The highest BCUT2D eigenvalue weighted by Gasteiger charge is 2.08. The molecule has 0 spiro atoms. The van der Waals surface area contributed by atoms with E-state index in [1.54, 1.807) is 30.3 Å². The van der Waals surface area contributed by atoms with E-state index >= 15 is 0 Å². The fourth-order valence-electron chi connectivity index (χ4n) is 1.55. The largest absolute Gasteiger partial charge is 0.289 e. The van der Waals surface area contributed by atoms with Crippen molar-refractivity contribution < 1.29 is 4.79 Å². The number of allylic oxidation sites excluding steroid dienone is 1. The second kappa shape index (κ2) is 6.25. The van der Waals surface area contributed by atoms with Gasteiger partial charge in [0.25, 0.3) is 0 Å². The molecule has 0 aliphatic carbocycles. The Balaban J connectivity index is 2.26. The van der Waals surface area contributed by atoms with Crippen LogP contribution in [-0.2, 0) is 0 Å². The van der Waals surface area contributed by atoms with Crippen molar-refractivity contribution in [2.45, 2.75) is 0 Å². The minimum atomic E-state index is -0.215. The van der Waals surface area contributed by atoms with Gasteiger partial charge in [0.1, 0.15) is 0 Å². The Morgan fingerprint density at radius 3 is 2.42 bits per heavy atom. The maximum absolute atomic E-state index is 12.0. The quantitative estimate of drug-likeness (QED) is 0.537. The van der Waals surface area contributed by atoms with Crippen LogP contribution in [0.3, 0.4) is 0 Å². The van der Waals surface area contributed by atoms with Crippen LogP contribution in [0.15, 0.2) is 48.5 Å². The number of halogens is 3. The van der Waals surface area contributed by atoms with E-state index in [4.69, 9.17) is 34.8 Å². The summed E-state index contributed by atoms with van der Waals surface area (Å²) in [5, 5.41) is 1.43. The molecule has 1 nitrogen and oxygen atoms in total. The first kappa shape index (κ1) is 14.1. The molecule has 0 aliphatic heterocycles. The molecule has 0 N–H and O–H groups in total. The van der Waals surface area contributed by atoms with E-state index in [1.807, 2.05) is 18.2 Å². The van der Waals surface area contributed by atoms with Gasteiger partial charge in [0.2, 0.25) is 0 Å². The predicted octanol–water partition coefficient (Wildman–Crippen LogP) is 5.54. The van der Waals surface area contributed by atoms with Crippen molar-refractivity contribution in [3.8, 4) is 0 Å². The molecule has 0 aromatic heterocycles. The van der Waals surface area contributed by atoms with Crippen LogP contribution in [0.1, 0.15) is 15.9 Å². The van der Waals surface area contributed by atoms with E-state index in [9.17, 15) is 4.79 Å². The van der Waals surface area contributed by atoms with Crippen molar-refractivity contribution in [1.82, 2.24) is 0 Å². The van der Waals surface area contributed by atoms with Crippen molar-refractivity contribution in [2.24, 2.45) is 0 Å². The zero-order valence-electron chi connectivity index (χ0n) is 9.74. The van der Waals surface area contributed by atoms with Crippen molar-refractivity contribution in [1.29, 1.82) is 0 Å². The monoisotopic (exact) mass is 310 g/mol. The summed E-state index contributed by atoms with van der Waals surface area (Å²) >= 11 is 17.8. The van der Waals surface area contributed by atoms with E-state index in [2.05, 4.69) is 0 Å². The minimum absolute atomic E-state index is 0.215. The van der Waals surface area contributed by atoms with Gasteiger partial charge in [0.15, 0.2) is 5.78 Å². The van der Waals surface area contributed by atoms with Gasteiger partial charge in [0.05, 0.1) is 5.02 Å². The molecule has 4 heteroatoms. The SMILES string of the molecule is O=C(/C=C/c1ccccc1Cl)c1cc(Cl)ccc1Cl. The van der Waals surface area contributed by atoms with Gasteiger partial charge in [-0.1, -0.05) is 53.0 Å². The van der Waals surface area contributed by atoms with Crippen molar-refractivity contribution in [3.63, 3.8) is 0 Å². The second-order valence-corrected chi connectivity index (χ2v) is 5.09. The van der Waals surface area contributed by atoms with Gasteiger partial charge < -0.3 is 0 Å². The maximum atomic E-state index is 12.0. The summed E-state index contributed by atoms with van der Waals surface area (Å²) < 4.78 is 0. The molecule has 2 aromatic rings. The van der Waals surface area contributed by atoms with Crippen LogP contribution in [0.4, 0.5) is 0 Å². The van der Waals surface area contributed by atoms with Crippen molar-refractivity contribution >= 4 is 46.7 Å². The Hall–Kier alpha value is -1.28. The second-order valence-electron chi connectivity index (χ2n) is 3.84. The summed E-state index contributed by atoms with van der Waals surface area (Å²) in [6.45, 7) is 0. The predicted molar refractivity (Wildman–Crippen MR) is 81.3 cm³/mol. The third kappa shape index (κ3) is 3.60. The average Bonchev–Trinajstić information content (AvgIpc) is 2.40. The van der Waals surface area contributed by atoms with Gasteiger partial charge in [-0.05, 0) is 42.0 Å². The van der Waals surface area contributed by atoms with Crippen LogP contribution in [0.25, 0.3) is 6.08 Å². The van der Waals surface area contributed by atoms with E-state index < -0.39 is 0 Å². The summed E-state index contributed by atoms with van der Waals surface area (Å²) in [4.78, 5) is 12.0. The molecule has 0 bridgehead atoms. The Morgan fingerprint density at radius 2 is 1.68 bits per heavy atom. The molecule has 0 atom stereocenters. The highest BCUT2D eigenvalue weighted by Crippen LogP contribution is 2.22. The zero-order valence-corrected chi connectivity index (χ0v) is 12.0. The van der Waals surface area contributed by atoms with E-state index in [0.717, 1.165) is 5.56 Å². The molecule has 0 fully saturated rings. The Morgan fingerprint density at radius 1 is 0.947 bits per heavy atom. The van der Waals surface area contributed by atoms with Gasteiger partial charge in [-0.3, -0.25) is 4.79 Å². The third-order valence-electron chi connectivity index (χ3n) is 2.51. The number of hydrogen-bond acceptors (Lipinski definition) is 1. The smallest absolute Gasteiger partial charge is 0.187 e. The molecular formula is C15H9Cl3O. The van der Waals surface area contributed by atoms with Gasteiger partial charge >= 0.3 is 0 Å². The minimum Gasteiger partial charge on any atom is -0.289 e. The Labute approximate surface area is 126 Å². The number of ketones is 1. The van der Waals surface area contributed by atoms with Crippen LogP contribution >= 0.6 is 34.8 Å². The van der Waals surface area contributed by atoms with Crippen LogP contribution in [-0.4, -0.2) is 5.78 Å². The molecule has 2 aromatic carbocycles. The molecule has 0 saturated carbocycles. The fourth-order valence-corrected chi connectivity index (χ4v) is 2.13. The van der Waals surface area contributed by atoms with Gasteiger partial charge in [0, 0.05) is 15.6 Å². The normalized spacial score (nSPS) is 10.9. The first-order chi connectivity index (χ1) is 9.08. The highest BCUT2D eigenvalue weighted by molar-refractivity contribution is 6.36. The Kier molecular flexibility index (Phi) is 4.65. The molecule has 96 valence electrons. The lowest BCUT2D eigenvalue weighted by atomic mass is 10.1. The average molecular weight is 312 g/mol. The number of benzene rings is 2. The summed E-state index contributed by atoms with van der Waals surface area (Å²) in [6, 6.07) is 12.0. The number of rotatable bonds is 3. The standard InChI is InChI=1S/C15H9Cl3O/c16-11-6-7-14(18)12(9-11)15(19)8-5-10-3-1-2-4-13(10)17/h1-9H/b8-5+. The number of carbonyl (C=O) groups excluding carboxylic acids is 1. The van der Waals surface area contributed by atoms with Crippen molar-refractivity contribution in [2.75, 3.05) is 0 Å². The van der Waals surface area contributed by atoms with Crippen molar-refractivity contribution in [3.05, 3.63) is 74.7 Å². The molecule has 0 radical (unpaired) electrons. The summed E-state index contributed by atoms with van der Waals surface area (Å²) in [5.74, 6) is -0.215. The molecule has 2 rings (SSSR count). The molecule has 0 saturated heterocycles. The number of carbonyl (C=O) groups is 1. The highest BCUT2D eigenvalue weighted by atomic mass is 35.5. The molecule has 0 aliphatic rings. The van der Waals surface area contributed by atoms with E-state index in [0.29, 0.717) is 20.6 Å². The first-order valence-electron chi connectivity index (χ1n) is 5.50. The lowest BCUT2D eigenvalue weighted by molar-refractivity contribution is 0.104. The molecular weight excluding hydrogens is 303 g/mol. The molecule has 19 heavy (non-hydrogen) atoms. The van der Waals surface area contributed by atoms with E-state index in [1.165, 1.54) is 6.08 Å². The Bertz CT molecular complexity index is 648. The summed E-state index contributed by atoms with van der Waals surface area (Å²) in [7, 11) is 0. The fraction of sp³-hybridized carbons (Fsp3) is 0.